The second-order valence-corrected chi connectivity index (χ2v) is 4.55. The van der Waals surface area contributed by atoms with Gasteiger partial charge in [-0.15, -0.1) is 3.89 Å². The first-order chi connectivity index (χ1) is 5.84. The molecule has 0 heterocycles. The summed E-state index contributed by atoms with van der Waals surface area (Å²) in [6.07, 6.45) is 0. The summed E-state index contributed by atoms with van der Waals surface area (Å²) in [5, 5.41) is 0. The predicted molar refractivity (Wildman–Crippen MR) is 47.1 cm³/mol. The highest BCUT2D eigenvalue weighted by molar-refractivity contribution is 9.10. The summed E-state index contributed by atoms with van der Waals surface area (Å²) >= 11 is 2.82. The van der Waals surface area contributed by atoms with E-state index in [9.17, 15) is 16.7 Å². The smallest absolute Gasteiger partial charge is 0.204 e. The fraction of sp³-hybridized carbons (Fsp3) is 0.143. The van der Waals surface area contributed by atoms with Gasteiger partial charge in [-0.1, -0.05) is 6.07 Å². The first kappa shape index (κ1) is 10.6. The largest absolute Gasteiger partial charge is 0.335 e. The van der Waals surface area contributed by atoms with Crippen LogP contribution >= 0.6 is 15.9 Å². The van der Waals surface area contributed by atoms with Crippen LogP contribution in [0.25, 0.3) is 0 Å². The fourth-order valence-electron chi connectivity index (χ4n) is 0.817. The lowest BCUT2D eigenvalue weighted by Gasteiger charge is -2.02. The molecule has 0 aliphatic rings. The molecule has 13 heavy (non-hydrogen) atoms. The Bertz CT molecular complexity index is 442. The van der Waals surface area contributed by atoms with Crippen LogP contribution in [0.15, 0.2) is 21.5 Å². The number of hydrogen-bond donors (Lipinski definition) is 0. The molecule has 0 aromatic heterocycles. The van der Waals surface area contributed by atoms with Gasteiger partial charge in [0, 0.05) is 0 Å². The zero-order chi connectivity index (χ0) is 10.2. The molecule has 0 amide bonds. The van der Waals surface area contributed by atoms with Crippen LogP contribution < -0.4 is 0 Å². The maximum atomic E-state index is 13.1. The molecule has 0 aliphatic carbocycles. The van der Waals surface area contributed by atoms with E-state index in [1.165, 1.54) is 6.07 Å². The Kier molecular flexibility index (Phi) is 2.72. The van der Waals surface area contributed by atoms with Gasteiger partial charge >= 0.3 is 10.2 Å². The molecule has 1 rings (SSSR count). The van der Waals surface area contributed by atoms with Gasteiger partial charge < -0.3 is 0 Å². The second kappa shape index (κ2) is 3.34. The van der Waals surface area contributed by atoms with Gasteiger partial charge in [-0.25, -0.2) is 4.39 Å². The van der Waals surface area contributed by atoms with E-state index < -0.39 is 20.9 Å². The van der Waals surface area contributed by atoms with Crippen LogP contribution in [0.3, 0.4) is 0 Å². The molecule has 0 aliphatic heterocycles. The zero-order valence-corrected chi connectivity index (χ0v) is 8.92. The van der Waals surface area contributed by atoms with Crippen molar-refractivity contribution in [2.24, 2.45) is 0 Å². The highest BCUT2D eigenvalue weighted by Gasteiger charge is 2.20. The molecule has 6 heteroatoms. The number of rotatable bonds is 1. The minimum absolute atomic E-state index is 0.0359. The lowest BCUT2D eigenvalue weighted by Crippen LogP contribution is -1.98. The molecular weight excluding hydrogens is 266 g/mol. The molecule has 0 saturated carbocycles. The third-order valence-corrected chi connectivity index (χ3v) is 3.32. The van der Waals surface area contributed by atoms with E-state index in [2.05, 4.69) is 15.9 Å². The molecule has 0 fully saturated rings. The molecule has 2 nitrogen and oxygen atoms in total. The first-order valence-electron chi connectivity index (χ1n) is 3.23. The predicted octanol–water partition coefficient (Wildman–Crippen LogP) is 2.55. The summed E-state index contributed by atoms with van der Waals surface area (Å²) in [5.74, 6) is -1.09. The topological polar surface area (TPSA) is 34.1 Å². The highest BCUT2D eigenvalue weighted by atomic mass is 79.9. The number of aryl methyl sites for hydroxylation is 1. The van der Waals surface area contributed by atoms with Crippen molar-refractivity contribution in [3.8, 4) is 0 Å². The summed E-state index contributed by atoms with van der Waals surface area (Å²) in [6.45, 7) is 1.57. The molecule has 0 atom stereocenters. The van der Waals surface area contributed by atoms with Gasteiger partial charge in [0.2, 0.25) is 0 Å². The number of hydrogen-bond acceptors (Lipinski definition) is 2. The summed E-state index contributed by atoms with van der Waals surface area (Å²) in [6, 6.07) is 2.21. The van der Waals surface area contributed by atoms with Gasteiger partial charge in [-0.2, -0.15) is 8.42 Å². The monoisotopic (exact) mass is 270 g/mol. The van der Waals surface area contributed by atoms with Crippen LogP contribution in [0.1, 0.15) is 5.56 Å². The Morgan fingerprint density at radius 1 is 1.38 bits per heavy atom. The van der Waals surface area contributed by atoms with Gasteiger partial charge in [-0.3, -0.25) is 0 Å². The molecule has 0 N–H and O–H groups in total. The van der Waals surface area contributed by atoms with Crippen LogP contribution in [0, 0.1) is 12.7 Å². The van der Waals surface area contributed by atoms with Crippen molar-refractivity contribution >= 4 is 26.2 Å². The molecule has 0 spiro atoms. The van der Waals surface area contributed by atoms with E-state index in [0.29, 0.717) is 5.56 Å². The standard InChI is InChI=1S/C7H5BrF2O2S/c1-4-2-3-5(13(10,11)12)7(9)6(4)8/h2-3H,1H3. The summed E-state index contributed by atoms with van der Waals surface area (Å²) in [5.41, 5.74) is 0.505. The van der Waals surface area contributed by atoms with E-state index in [1.54, 1.807) is 6.92 Å². The van der Waals surface area contributed by atoms with Crippen molar-refractivity contribution in [1.82, 2.24) is 0 Å². The fourth-order valence-corrected chi connectivity index (χ4v) is 1.84. The van der Waals surface area contributed by atoms with Gasteiger partial charge in [0.25, 0.3) is 0 Å². The van der Waals surface area contributed by atoms with Crippen LogP contribution in [-0.2, 0) is 10.2 Å². The van der Waals surface area contributed by atoms with Crippen LogP contribution in [0.2, 0.25) is 0 Å². The molecular formula is C7H5BrF2O2S. The number of benzene rings is 1. The summed E-state index contributed by atoms with van der Waals surface area (Å²) < 4.78 is 46.2. The lowest BCUT2D eigenvalue weighted by molar-refractivity contribution is 0.531. The Morgan fingerprint density at radius 3 is 2.38 bits per heavy atom. The van der Waals surface area contributed by atoms with Gasteiger partial charge in [-0.05, 0) is 34.5 Å². The molecule has 72 valence electrons. The van der Waals surface area contributed by atoms with Crippen LogP contribution in [0.5, 0.6) is 0 Å². The van der Waals surface area contributed by atoms with Crippen LogP contribution in [-0.4, -0.2) is 8.42 Å². The third kappa shape index (κ3) is 2.05. The first-order valence-corrected chi connectivity index (χ1v) is 5.41. The summed E-state index contributed by atoms with van der Waals surface area (Å²) in [7, 11) is -4.98. The average molecular weight is 271 g/mol. The molecule has 0 bridgehead atoms. The van der Waals surface area contributed by atoms with E-state index in [1.807, 2.05) is 0 Å². The maximum absolute atomic E-state index is 13.1. The Labute approximate surface area is 82.9 Å². The Balaban J connectivity index is 3.53. The van der Waals surface area contributed by atoms with Crippen molar-refractivity contribution in [3.05, 3.63) is 28.0 Å². The zero-order valence-electron chi connectivity index (χ0n) is 6.51. The molecule has 0 radical (unpaired) electrons. The van der Waals surface area contributed by atoms with Crippen LogP contribution in [0.4, 0.5) is 8.28 Å². The molecule has 0 saturated heterocycles. The summed E-state index contributed by atoms with van der Waals surface area (Å²) in [4.78, 5) is -0.940. The van der Waals surface area contributed by atoms with E-state index in [4.69, 9.17) is 0 Å². The van der Waals surface area contributed by atoms with Crippen molar-refractivity contribution in [2.45, 2.75) is 11.8 Å². The van der Waals surface area contributed by atoms with Crippen molar-refractivity contribution in [1.29, 1.82) is 0 Å². The highest BCUT2D eigenvalue weighted by Crippen LogP contribution is 2.26. The SMILES string of the molecule is Cc1ccc(S(=O)(=O)F)c(F)c1Br. The minimum atomic E-state index is -4.98. The minimum Gasteiger partial charge on any atom is -0.204 e. The second-order valence-electron chi connectivity index (χ2n) is 2.45. The number of halogens is 3. The van der Waals surface area contributed by atoms with E-state index in [-0.39, 0.29) is 4.47 Å². The molecule has 1 aromatic rings. The van der Waals surface area contributed by atoms with Crippen molar-refractivity contribution in [3.63, 3.8) is 0 Å². The quantitative estimate of drug-likeness (QED) is 0.735. The third-order valence-electron chi connectivity index (χ3n) is 1.50. The van der Waals surface area contributed by atoms with E-state index in [0.717, 1.165) is 6.07 Å². The van der Waals surface area contributed by atoms with Gasteiger partial charge in [0.15, 0.2) is 5.82 Å². The molecule has 0 unspecified atom stereocenters. The Hall–Kier alpha value is -0.490. The van der Waals surface area contributed by atoms with Crippen molar-refractivity contribution in [2.75, 3.05) is 0 Å². The lowest BCUT2D eigenvalue weighted by atomic mass is 10.2. The van der Waals surface area contributed by atoms with Crippen molar-refractivity contribution < 1.29 is 16.7 Å². The van der Waals surface area contributed by atoms with Gasteiger partial charge in [0.1, 0.15) is 4.90 Å². The Morgan fingerprint density at radius 2 is 1.92 bits per heavy atom. The normalized spacial score (nSPS) is 11.7. The maximum Gasteiger partial charge on any atom is 0.335 e. The van der Waals surface area contributed by atoms with E-state index >= 15 is 0 Å². The average Bonchev–Trinajstić information content (AvgIpc) is 1.98. The molecule has 1 aromatic carbocycles. The van der Waals surface area contributed by atoms with Gasteiger partial charge in [0.05, 0.1) is 4.47 Å².